The van der Waals surface area contributed by atoms with Crippen LogP contribution in [0.2, 0.25) is 0 Å². The molecule has 0 saturated heterocycles. The highest BCUT2D eigenvalue weighted by molar-refractivity contribution is 6.20. The first-order chi connectivity index (χ1) is 22.7. The van der Waals surface area contributed by atoms with Gasteiger partial charge in [-0.05, 0) is 54.7 Å². The molecule has 0 radical (unpaired) electrons. The maximum absolute atomic E-state index is 14.5. The molecule has 0 spiro atoms. The standard InChI is InChI=1S/C39H39N3O5/c1-4-14-31(39(45)46)33(23-26(2)3)37(43)41-36-38(44)42(25-27-15-13-20-30(24-27)47-29-18-9-6-10-19-29)34-22-12-11-21-32(34)35(40-36)28-16-7-5-8-17-28/h4-13,15-22,24,26,31,33,36H,1,14,23,25H2,2-3H3,(H,41,43)(H,45,46)/t31-,33+,36?/m0/s1. The van der Waals surface area contributed by atoms with Crippen molar-refractivity contribution >= 4 is 29.2 Å². The molecule has 8 nitrogen and oxygen atoms in total. The molecule has 8 heteroatoms. The van der Waals surface area contributed by atoms with E-state index >= 15 is 0 Å². The molecular formula is C39H39N3O5. The smallest absolute Gasteiger partial charge is 0.307 e. The number of amides is 2. The summed E-state index contributed by atoms with van der Waals surface area (Å²) in [5.74, 6) is -2.59. The summed E-state index contributed by atoms with van der Waals surface area (Å²) < 4.78 is 6.06. The van der Waals surface area contributed by atoms with Gasteiger partial charge in [0.15, 0.2) is 0 Å². The van der Waals surface area contributed by atoms with E-state index < -0.39 is 35.8 Å². The zero-order valence-corrected chi connectivity index (χ0v) is 26.6. The van der Waals surface area contributed by atoms with Gasteiger partial charge in [-0.15, -0.1) is 6.58 Å². The van der Waals surface area contributed by atoms with E-state index in [9.17, 15) is 19.5 Å². The number of hydrogen-bond acceptors (Lipinski definition) is 5. The van der Waals surface area contributed by atoms with Crippen molar-refractivity contribution in [1.82, 2.24) is 5.32 Å². The lowest BCUT2D eigenvalue weighted by Crippen LogP contribution is -2.50. The summed E-state index contributed by atoms with van der Waals surface area (Å²) in [6, 6.07) is 34.0. The molecule has 1 unspecified atom stereocenters. The minimum absolute atomic E-state index is 0.0387. The number of hydrogen-bond donors (Lipinski definition) is 2. The number of rotatable bonds is 13. The largest absolute Gasteiger partial charge is 0.481 e. The molecule has 47 heavy (non-hydrogen) atoms. The average Bonchev–Trinajstić information content (AvgIpc) is 3.18. The Balaban J connectivity index is 1.55. The van der Waals surface area contributed by atoms with Crippen LogP contribution >= 0.6 is 0 Å². The summed E-state index contributed by atoms with van der Waals surface area (Å²) in [4.78, 5) is 47.3. The number of carboxylic acids is 1. The number of fused-ring (bicyclic) bond motifs is 1. The molecule has 1 aliphatic heterocycles. The van der Waals surface area contributed by atoms with Crippen LogP contribution in [-0.2, 0) is 20.9 Å². The molecule has 0 saturated carbocycles. The predicted molar refractivity (Wildman–Crippen MR) is 183 cm³/mol. The van der Waals surface area contributed by atoms with Crippen molar-refractivity contribution in [2.24, 2.45) is 22.7 Å². The molecule has 1 aliphatic rings. The Kier molecular flexibility index (Phi) is 10.6. The first-order valence-corrected chi connectivity index (χ1v) is 15.7. The van der Waals surface area contributed by atoms with Gasteiger partial charge in [0.1, 0.15) is 11.5 Å². The van der Waals surface area contributed by atoms with Crippen LogP contribution in [0.3, 0.4) is 0 Å². The first kappa shape index (κ1) is 32.9. The van der Waals surface area contributed by atoms with Crippen LogP contribution in [0, 0.1) is 17.8 Å². The lowest BCUT2D eigenvalue weighted by molar-refractivity contribution is -0.147. The fourth-order valence-electron chi connectivity index (χ4n) is 5.85. The summed E-state index contributed by atoms with van der Waals surface area (Å²) in [5, 5.41) is 12.9. The lowest BCUT2D eigenvalue weighted by Gasteiger charge is -2.28. The third-order valence-electron chi connectivity index (χ3n) is 8.04. The van der Waals surface area contributed by atoms with Crippen molar-refractivity contribution in [2.45, 2.75) is 39.4 Å². The predicted octanol–water partition coefficient (Wildman–Crippen LogP) is 7.24. The molecule has 0 bridgehead atoms. The highest BCUT2D eigenvalue weighted by atomic mass is 16.5. The van der Waals surface area contributed by atoms with Crippen LogP contribution in [-0.4, -0.2) is 34.8 Å². The van der Waals surface area contributed by atoms with Gasteiger partial charge in [0.2, 0.25) is 12.1 Å². The zero-order valence-electron chi connectivity index (χ0n) is 26.6. The number of ether oxygens (including phenoxy) is 1. The van der Waals surface area contributed by atoms with Gasteiger partial charge in [-0.1, -0.05) is 98.8 Å². The van der Waals surface area contributed by atoms with Crippen molar-refractivity contribution in [2.75, 3.05) is 4.90 Å². The lowest BCUT2D eigenvalue weighted by atomic mass is 9.82. The summed E-state index contributed by atoms with van der Waals surface area (Å²) in [7, 11) is 0. The number of carbonyl (C=O) groups excluding carboxylic acids is 2. The van der Waals surface area contributed by atoms with Crippen molar-refractivity contribution in [1.29, 1.82) is 0 Å². The van der Waals surface area contributed by atoms with Crippen molar-refractivity contribution < 1.29 is 24.2 Å². The summed E-state index contributed by atoms with van der Waals surface area (Å²) in [6.45, 7) is 7.75. The van der Waals surface area contributed by atoms with E-state index in [0.717, 1.165) is 16.7 Å². The molecule has 4 aromatic carbocycles. The minimum atomic E-state index is -1.30. The van der Waals surface area contributed by atoms with Crippen LogP contribution in [0.4, 0.5) is 5.69 Å². The number of nitrogens with one attached hydrogen (secondary N) is 1. The van der Waals surface area contributed by atoms with Gasteiger partial charge < -0.3 is 20.1 Å². The Labute approximate surface area is 275 Å². The van der Waals surface area contributed by atoms with Crippen molar-refractivity contribution in [3.8, 4) is 11.5 Å². The van der Waals surface area contributed by atoms with Crippen LogP contribution in [0.25, 0.3) is 0 Å². The van der Waals surface area contributed by atoms with E-state index in [1.165, 1.54) is 6.08 Å². The molecule has 0 fully saturated rings. The molecule has 1 heterocycles. The minimum Gasteiger partial charge on any atom is -0.481 e. The monoisotopic (exact) mass is 629 g/mol. The molecule has 0 aromatic heterocycles. The number of nitrogens with zero attached hydrogens (tertiary/aromatic N) is 2. The second-order valence-corrected chi connectivity index (χ2v) is 12.0. The Morgan fingerprint density at radius 2 is 1.57 bits per heavy atom. The molecule has 2 amide bonds. The maximum atomic E-state index is 14.5. The third kappa shape index (κ3) is 8.02. The van der Waals surface area contributed by atoms with E-state index in [1.54, 1.807) is 4.90 Å². The van der Waals surface area contributed by atoms with E-state index in [1.807, 2.05) is 123 Å². The Morgan fingerprint density at radius 3 is 2.26 bits per heavy atom. The number of benzene rings is 4. The maximum Gasteiger partial charge on any atom is 0.307 e. The SMILES string of the molecule is C=CC[C@H](C(=O)O)[C@@H](CC(C)C)C(=O)NC1N=C(c2ccccc2)c2ccccc2N(Cc2cccc(Oc3ccccc3)c2)C1=O. The van der Waals surface area contributed by atoms with E-state index in [4.69, 9.17) is 9.73 Å². The van der Waals surface area contributed by atoms with Gasteiger partial charge in [-0.2, -0.15) is 0 Å². The van der Waals surface area contributed by atoms with Crippen LogP contribution in [0.5, 0.6) is 11.5 Å². The number of aliphatic imine (C=N–C) groups is 1. The number of benzodiazepines with no additional fused rings is 1. The van der Waals surface area contributed by atoms with Crippen molar-refractivity contribution in [3.05, 3.63) is 139 Å². The molecule has 0 aliphatic carbocycles. The topological polar surface area (TPSA) is 108 Å². The first-order valence-electron chi connectivity index (χ1n) is 15.7. The summed E-state index contributed by atoms with van der Waals surface area (Å²) >= 11 is 0. The molecule has 3 atom stereocenters. The fraction of sp³-hybridized carbons (Fsp3) is 0.231. The molecular weight excluding hydrogens is 590 g/mol. The highest BCUT2D eigenvalue weighted by Gasteiger charge is 2.38. The van der Waals surface area contributed by atoms with Crippen LogP contribution < -0.4 is 15.0 Å². The van der Waals surface area contributed by atoms with Gasteiger partial charge in [0.05, 0.1) is 29.8 Å². The van der Waals surface area contributed by atoms with Gasteiger partial charge in [-0.3, -0.25) is 14.4 Å². The number of para-hydroxylation sites is 2. The molecule has 4 aromatic rings. The van der Waals surface area contributed by atoms with E-state index in [2.05, 4.69) is 11.9 Å². The average molecular weight is 630 g/mol. The number of allylic oxidation sites excluding steroid dienone is 1. The van der Waals surface area contributed by atoms with E-state index in [-0.39, 0.29) is 18.9 Å². The van der Waals surface area contributed by atoms with Gasteiger partial charge in [-0.25, -0.2) is 4.99 Å². The second kappa shape index (κ2) is 15.2. The normalized spacial score (nSPS) is 15.6. The van der Waals surface area contributed by atoms with Crippen molar-refractivity contribution in [3.63, 3.8) is 0 Å². The Morgan fingerprint density at radius 1 is 0.915 bits per heavy atom. The van der Waals surface area contributed by atoms with Gasteiger partial charge >= 0.3 is 5.97 Å². The number of carbonyl (C=O) groups is 3. The van der Waals surface area contributed by atoms with Crippen LogP contribution in [0.15, 0.2) is 127 Å². The number of carboxylic acid groups (broad SMARTS) is 1. The fourth-order valence-corrected chi connectivity index (χ4v) is 5.85. The molecule has 5 rings (SSSR count). The summed E-state index contributed by atoms with van der Waals surface area (Å²) in [6.07, 6.45) is 0.651. The highest BCUT2D eigenvalue weighted by Crippen LogP contribution is 2.32. The second-order valence-electron chi connectivity index (χ2n) is 12.0. The van der Waals surface area contributed by atoms with Gasteiger partial charge in [0.25, 0.3) is 5.91 Å². The van der Waals surface area contributed by atoms with E-state index in [0.29, 0.717) is 29.3 Å². The number of anilines is 1. The Bertz CT molecular complexity index is 1750. The summed E-state index contributed by atoms with van der Waals surface area (Å²) in [5.41, 5.74) is 3.50. The molecule has 2 N–H and O–H groups in total. The third-order valence-corrected chi connectivity index (χ3v) is 8.04. The molecule has 240 valence electrons. The van der Waals surface area contributed by atoms with Crippen LogP contribution in [0.1, 0.15) is 43.4 Å². The number of aliphatic carboxylic acids is 1. The Hall–Kier alpha value is -5.50. The quantitative estimate of drug-likeness (QED) is 0.152. The van der Waals surface area contributed by atoms with Gasteiger partial charge in [0, 0.05) is 11.1 Å². The zero-order chi connectivity index (χ0) is 33.3.